The van der Waals surface area contributed by atoms with Gasteiger partial charge in [0.15, 0.2) is 0 Å². The summed E-state index contributed by atoms with van der Waals surface area (Å²) in [4.78, 5) is 24.0. The zero-order valence-electron chi connectivity index (χ0n) is 11.9. The molecule has 0 bridgehead atoms. The summed E-state index contributed by atoms with van der Waals surface area (Å²) in [6, 6.07) is 17.3. The van der Waals surface area contributed by atoms with E-state index in [4.69, 9.17) is 0 Å². The lowest BCUT2D eigenvalue weighted by atomic mass is 9.98. The SMILES string of the molecule is O=C(O)c1cccc2cccc(C(=O)Nc3ccc(Br)cc3)c12. The van der Waals surface area contributed by atoms with Gasteiger partial charge in [-0.15, -0.1) is 0 Å². The van der Waals surface area contributed by atoms with Crippen molar-refractivity contribution in [3.8, 4) is 0 Å². The predicted molar refractivity (Wildman–Crippen MR) is 93.0 cm³/mol. The summed E-state index contributed by atoms with van der Waals surface area (Å²) in [6.45, 7) is 0. The molecule has 2 N–H and O–H groups in total. The van der Waals surface area contributed by atoms with Crippen LogP contribution in [0.5, 0.6) is 0 Å². The van der Waals surface area contributed by atoms with E-state index < -0.39 is 5.97 Å². The van der Waals surface area contributed by atoms with Crippen molar-refractivity contribution < 1.29 is 14.7 Å². The first-order valence-electron chi connectivity index (χ1n) is 6.88. The van der Waals surface area contributed by atoms with Gasteiger partial charge in [-0.2, -0.15) is 0 Å². The number of hydrogen-bond donors (Lipinski definition) is 2. The van der Waals surface area contributed by atoms with Crippen LogP contribution >= 0.6 is 15.9 Å². The summed E-state index contributed by atoms with van der Waals surface area (Å²) in [5.41, 5.74) is 1.09. The lowest BCUT2D eigenvalue weighted by molar-refractivity contribution is 0.0699. The third kappa shape index (κ3) is 3.10. The molecule has 0 unspecified atom stereocenters. The molecule has 1 amide bonds. The fourth-order valence-corrected chi connectivity index (χ4v) is 2.70. The first kappa shape index (κ1) is 15.2. The Balaban J connectivity index is 2.06. The van der Waals surface area contributed by atoms with Gasteiger partial charge < -0.3 is 10.4 Å². The number of amides is 1. The highest BCUT2D eigenvalue weighted by Gasteiger charge is 2.16. The molecule has 0 saturated carbocycles. The maximum absolute atomic E-state index is 12.6. The number of carbonyl (C=O) groups excluding carboxylic acids is 1. The van der Waals surface area contributed by atoms with E-state index in [1.165, 1.54) is 6.07 Å². The van der Waals surface area contributed by atoms with Crippen molar-refractivity contribution in [2.75, 3.05) is 5.32 Å². The number of fused-ring (bicyclic) bond motifs is 1. The molecule has 4 nitrogen and oxygen atoms in total. The molecule has 0 atom stereocenters. The zero-order chi connectivity index (χ0) is 16.4. The molecular weight excluding hydrogens is 358 g/mol. The molecular formula is C18H12BrNO3. The van der Waals surface area contributed by atoms with E-state index in [2.05, 4.69) is 21.2 Å². The lowest BCUT2D eigenvalue weighted by Gasteiger charge is -2.10. The van der Waals surface area contributed by atoms with Crippen LogP contribution in [0.25, 0.3) is 10.8 Å². The molecule has 0 radical (unpaired) electrons. The van der Waals surface area contributed by atoms with Crippen molar-refractivity contribution in [3.05, 3.63) is 76.3 Å². The Hall–Kier alpha value is -2.66. The van der Waals surface area contributed by atoms with Gasteiger partial charge in [-0.3, -0.25) is 4.79 Å². The van der Waals surface area contributed by atoms with E-state index >= 15 is 0 Å². The summed E-state index contributed by atoms with van der Waals surface area (Å²) in [7, 11) is 0. The fraction of sp³-hybridized carbons (Fsp3) is 0. The normalized spacial score (nSPS) is 10.5. The van der Waals surface area contributed by atoms with Gasteiger partial charge in [-0.25, -0.2) is 4.79 Å². The molecule has 23 heavy (non-hydrogen) atoms. The topological polar surface area (TPSA) is 66.4 Å². The van der Waals surface area contributed by atoms with Crippen LogP contribution in [0.1, 0.15) is 20.7 Å². The van der Waals surface area contributed by atoms with Crippen LogP contribution in [-0.2, 0) is 0 Å². The molecule has 3 rings (SSSR count). The molecule has 0 fully saturated rings. The minimum atomic E-state index is -1.06. The van der Waals surface area contributed by atoms with Gasteiger partial charge in [0.25, 0.3) is 5.91 Å². The van der Waals surface area contributed by atoms with Gasteiger partial charge in [0, 0.05) is 21.1 Å². The molecule has 0 aliphatic rings. The second kappa shape index (κ2) is 6.22. The second-order valence-electron chi connectivity index (χ2n) is 4.98. The standard InChI is InChI=1S/C18H12BrNO3/c19-12-7-9-13(10-8-12)20-17(21)14-5-1-3-11-4-2-6-15(16(11)14)18(22)23/h1-10H,(H,20,21)(H,22,23). The summed E-state index contributed by atoms with van der Waals surface area (Å²) >= 11 is 3.34. The van der Waals surface area contributed by atoms with Gasteiger partial charge in [-0.1, -0.05) is 40.2 Å². The molecule has 0 spiro atoms. The highest BCUT2D eigenvalue weighted by molar-refractivity contribution is 9.10. The number of hydrogen-bond acceptors (Lipinski definition) is 2. The molecule has 5 heteroatoms. The summed E-state index contributed by atoms with van der Waals surface area (Å²) in [6.07, 6.45) is 0. The number of rotatable bonds is 3. The van der Waals surface area contributed by atoms with E-state index in [1.54, 1.807) is 42.5 Å². The first-order valence-corrected chi connectivity index (χ1v) is 7.67. The number of carboxylic acid groups (broad SMARTS) is 1. The first-order chi connectivity index (χ1) is 11.1. The number of aromatic carboxylic acids is 1. The highest BCUT2D eigenvalue weighted by atomic mass is 79.9. The van der Waals surface area contributed by atoms with E-state index in [1.807, 2.05) is 12.1 Å². The van der Waals surface area contributed by atoms with Gasteiger partial charge in [-0.05, 0) is 41.8 Å². The number of nitrogens with one attached hydrogen (secondary N) is 1. The number of carbonyl (C=O) groups is 2. The van der Waals surface area contributed by atoms with Crippen LogP contribution in [0.3, 0.4) is 0 Å². The fourth-order valence-electron chi connectivity index (χ4n) is 2.44. The number of benzene rings is 3. The van der Waals surface area contributed by atoms with Crippen molar-refractivity contribution in [2.24, 2.45) is 0 Å². The van der Waals surface area contributed by atoms with Gasteiger partial charge in [0.2, 0.25) is 0 Å². The lowest BCUT2D eigenvalue weighted by Crippen LogP contribution is -2.13. The van der Waals surface area contributed by atoms with E-state index in [0.717, 1.165) is 4.47 Å². The Bertz CT molecular complexity index is 899. The Morgan fingerprint density at radius 3 is 2.09 bits per heavy atom. The van der Waals surface area contributed by atoms with Crippen LogP contribution in [0.4, 0.5) is 5.69 Å². The summed E-state index contributed by atoms with van der Waals surface area (Å²) in [5, 5.41) is 13.3. The molecule has 3 aromatic rings. The smallest absolute Gasteiger partial charge is 0.336 e. The second-order valence-corrected chi connectivity index (χ2v) is 5.89. The van der Waals surface area contributed by atoms with Crippen LogP contribution in [-0.4, -0.2) is 17.0 Å². The third-order valence-electron chi connectivity index (χ3n) is 3.48. The monoisotopic (exact) mass is 369 g/mol. The number of carboxylic acids is 1. The quantitative estimate of drug-likeness (QED) is 0.711. The molecule has 114 valence electrons. The van der Waals surface area contributed by atoms with Crippen molar-refractivity contribution in [3.63, 3.8) is 0 Å². The van der Waals surface area contributed by atoms with Gasteiger partial charge in [0.05, 0.1) is 5.56 Å². The average molecular weight is 370 g/mol. The van der Waals surface area contributed by atoms with Gasteiger partial charge >= 0.3 is 5.97 Å². The van der Waals surface area contributed by atoms with Crippen molar-refractivity contribution in [1.29, 1.82) is 0 Å². The predicted octanol–water partition coefficient (Wildman–Crippen LogP) is 4.55. The Morgan fingerprint density at radius 1 is 0.870 bits per heavy atom. The van der Waals surface area contributed by atoms with Crippen molar-refractivity contribution in [1.82, 2.24) is 0 Å². The Morgan fingerprint density at radius 2 is 1.48 bits per heavy atom. The minimum absolute atomic E-state index is 0.115. The molecule has 0 aromatic heterocycles. The van der Waals surface area contributed by atoms with Gasteiger partial charge in [0.1, 0.15) is 0 Å². The van der Waals surface area contributed by atoms with Crippen LogP contribution in [0.2, 0.25) is 0 Å². The average Bonchev–Trinajstić information content (AvgIpc) is 2.55. The van der Waals surface area contributed by atoms with E-state index in [-0.39, 0.29) is 11.5 Å². The maximum Gasteiger partial charge on any atom is 0.336 e. The summed E-state index contributed by atoms with van der Waals surface area (Å²) < 4.78 is 0.911. The van der Waals surface area contributed by atoms with Crippen LogP contribution < -0.4 is 5.32 Å². The molecule has 0 aliphatic carbocycles. The van der Waals surface area contributed by atoms with Crippen molar-refractivity contribution in [2.45, 2.75) is 0 Å². The molecule has 0 heterocycles. The molecule has 0 aliphatic heterocycles. The highest BCUT2D eigenvalue weighted by Crippen LogP contribution is 2.24. The largest absolute Gasteiger partial charge is 0.478 e. The third-order valence-corrected chi connectivity index (χ3v) is 4.01. The number of halogens is 1. The Kier molecular flexibility index (Phi) is 4.12. The molecule has 3 aromatic carbocycles. The van der Waals surface area contributed by atoms with E-state index in [0.29, 0.717) is 22.0 Å². The Labute approximate surface area is 140 Å². The minimum Gasteiger partial charge on any atom is -0.478 e. The maximum atomic E-state index is 12.6. The van der Waals surface area contributed by atoms with Crippen molar-refractivity contribution >= 4 is 44.3 Å². The summed E-state index contributed by atoms with van der Waals surface area (Å²) in [5.74, 6) is -1.40. The number of anilines is 1. The molecule has 0 saturated heterocycles. The zero-order valence-corrected chi connectivity index (χ0v) is 13.5. The van der Waals surface area contributed by atoms with Crippen LogP contribution in [0.15, 0.2) is 65.1 Å². The van der Waals surface area contributed by atoms with Crippen LogP contribution in [0, 0.1) is 0 Å². The van der Waals surface area contributed by atoms with E-state index in [9.17, 15) is 14.7 Å².